The van der Waals surface area contributed by atoms with Crippen molar-refractivity contribution in [3.8, 4) is 0 Å². The molecule has 3 rings (SSSR count). The molecule has 1 aliphatic heterocycles. The fraction of sp³-hybridized carbons (Fsp3) is 0.438. The number of hydrogen-bond acceptors (Lipinski definition) is 5. The van der Waals surface area contributed by atoms with E-state index in [0.717, 1.165) is 6.42 Å². The Bertz CT molecular complexity index is 771. The van der Waals surface area contributed by atoms with Crippen LogP contribution < -0.4 is 0 Å². The molecule has 0 saturated carbocycles. The summed E-state index contributed by atoms with van der Waals surface area (Å²) in [6, 6.07) is 5.38. The van der Waals surface area contributed by atoms with Gasteiger partial charge in [0.25, 0.3) is 0 Å². The summed E-state index contributed by atoms with van der Waals surface area (Å²) in [5, 5.41) is 1.55. The average molecular weight is 353 g/mol. The standard InChI is InChI=1S/C16H19NO4S2/c1-12-6-8-22-15(12)4-5-16(18)17-9-14(10-17)23(19,20)11-13-3-2-7-21-13/h2-3,6-8,14H,4-5,9-11H2,1H3. The van der Waals surface area contributed by atoms with Gasteiger partial charge in [-0.25, -0.2) is 8.42 Å². The van der Waals surface area contributed by atoms with Crippen LogP contribution in [0.3, 0.4) is 0 Å². The molecule has 0 aliphatic carbocycles. The lowest BCUT2D eigenvalue weighted by molar-refractivity contribution is -0.134. The molecule has 0 radical (unpaired) electrons. The third-order valence-electron chi connectivity index (χ3n) is 4.17. The zero-order valence-corrected chi connectivity index (χ0v) is 14.5. The van der Waals surface area contributed by atoms with Crippen molar-refractivity contribution in [2.24, 2.45) is 0 Å². The van der Waals surface area contributed by atoms with Crippen LogP contribution >= 0.6 is 11.3 Å². The third kappa shape index (κ3) is 3.67. The van der Waals surface area contributed by atoms with E-state index < -0.39 is 15.1 Å². The van der Waals surface area contributed by atoms with Gasteiger partial charge in [0.2, 0.25) is 5.91 Å². The van der Waals surface area contributed by atoms with E-state index in [-0.39, 0.29) is 11.7 Å². The van der Waals surface area contributed by atoms with Gasteiger partial charge in [0.15, 0.2) is 9.84 Å². The molecule has 0 spiro atoms. The largest absolute Gasteiger partial charge is 0.468 e. The molecule has 7 heteroatoms. The minimum absolute atomic E-state index is 0.0299. The second kappa shape index (κ2) is 6.49. The summed E-state index contributed by atoms with van der Waals surface area (Å²) < 4.78 is 29.6. The summed E-state index contributed by atoms with van der Waals surface area (Å²) in [6.45, 7) is 2.63. The maximum Gasteiger partial charge on any atom is 0.223 e. The molecule has 0 N–H and O–H groups in total. The predicted molar refractivity (Wildman–Crippen MR) is 89.1 cm³/mol. The minimum atomic E-state index is -3.26. The fourth-order valence-electron chi connectivity index (χ4n) is 2.62. The number of thiophene rings is 1. The van der Waals surface area contributed by atoms with Gasteiger partial charge in [-0.2, -0.15) is 0 Å². The molecule has 1 amide bonds. The lowest BCUT2D eigenvalue weighted by Gasteiger charge is -2.38. The molecule has 2 aromatic heterocycles. The highest BCUT2D eigenvalue weighted by Crippen LogP contribution is 2.23. The van der Waals surface area contributed by atoms with Crippen molar-refractivity contribution in [2.45, 2.75) is 30.8 Å². The van der Waals surface area contributed by atoms with Gasteiger partial charge >= 0.3 is 0 Å². The first-order valence-electron chi connectivity index (χ1n) is 7.50. The average Bonchev–Trinajstić information content (AvgIpc) is 3.05. The molecule has 5 nitrogen and oxygen atoms in total. The molecule has 1 fully saturated rings. The van der Waals surface area contributed by atoms with Gasteiger partial charge in [-0.05, 0) is 42.5 Å². The molecule has 124 valence electrons. The Morgan fingerprint density at radius 3 is 2.78 bits per heavy atom. The SMILES string of the molecule is Cc1ccsc1CCC(=O)N1CC(S(=O)(=O)Cc2ccco2)C1. The van der Waals surface area contributed by atoms with Crippen LogP contribution in [0.4, 0.5) is 0 Å². The summed E-state index contributed by atoms with van der Waals surface area (Å²) in [5.74, 6) is 0.381. The first-order chi connectivity index (χ1) is 11.0. The van der Waals surface area contributed by atoms with E-state index in [1.807, 2.05) is 18.4 Å². The monoisotopic (exact) mass is 353 g/mol. The van der Waals surface area contributed by atoms with Crippen LogP contribution in [-0.4, -0.2) is 37.6 Å². The molecular weight excluding hydrogens is 334 g/mol. The van der Waals surface area contributed by atoms with Crippen LogP contribution in [0.5, 0.6) is 0 Å². The number of rotatable bonds is 6. The van der Waals surface area contributed by atoms with Crippen molar-refractivity contribution in [1.82, 2.24) is 4.90 Å². The lowest BCUT2D eigenvalue weighted by atomic mass is 10.1. The van der Waals surface area contributed by atoms with Gasteiger partial charge in [-0.1, -0.05) is 0 Å². The van der Waals surface area contributed by atoms with Crippen LogP contribution in [0.1, 0.15) is 22.6 Å². The van der Waals surface area contributed by atoms with Gasteiger partial charge in [0.1, 0.15) is 11.5 Å². The molecule has 0 atom stereocenters. The quantitative estimate of drug-likeness (QED) is 0.800. The molecule has 3 heterocycles. The third-order valence-corrected chi connectivity index (χ3v) is 7.25. The van der Waals surface area contributed by atoms with Crippen LogP contribution in [-0.2, 0) is 26.8 Å². The lowest BCUT2D eigenvalue weighted by Crippen LogP contribution is -2.57. The highest BCUT2D eigenvalue weighted by atomic mass is 32.2. The molecule has 1 saturated heterocycles. The summed E-state index contributed by atoms with van der Waals surface area (Å²) in [7, 11) is -3.26. The Hall–Kier alpha value is -1.60. The summed E-state index contributed by atoms with van der Waals surface area (Å²) in [4.78, 5) is 15.0. The Morgan fingerprint density at radius 2 is 2.17 bits per heavy atom. The van der Waals surface area contributed by atoms with Crippen LogP contribution in [0.15, 0.2) is 34.3 Å². The zero-order chi connectivity index (χ0) is 16.4. The van der Waals surface area contributed by atoms with E-state index in [9.17, 15) is 13.2 Å². The molecule has 23 heavy (non-hydrogen) atoms. The van der Waals surface area contributed by atoms with Crippen LogP contribution in [0, 0.1) is 6.92 Å². The number of nitrogens with zero attached hydrogens (tertiary/aromatic N) is 1. The fourth-order valence-corrected chi connectivity index (χ4v) is 5.14. The van der Waals surface area contributed by atoms with E-state index in [0.29, 0.717) is 25.3 Å². The number of likely N-dealkylation sites (tertiary alicyclic amines) is 1. The number of furan rings is 1. The second-order valence-corrected chi connectivity index (χ2v) is 9.12. The van der Waals surface area contributed by atoms with E-state index in [1.54, 1.807) is 28.4 Å². The van der Waals surface area contributed by atoms with E-state index in [4.69, 9.17) is 4.42 Å². The molecular formula is C16H19NO4S2. The Morgan fingerprint density at radius 1 is 1.39 bits per heavy atom. The van der Waals surface area contributed by atoms with Gasteiger partial charge in [0.05, 0.1) is 11.5 Å². The molecule has 0 unspecified atom stereocenters. The van der Waals surface area contributed by atoms with Crippen LogP contribution in [0.2, 0.25) is 0 Å². The first-order valence-corrected chi connectivity index (χ1v) is 10.1. The van der Waals surface area contributed by atoms with Crippen molar-refractivity contribution in [2.75, 3.05) is 13.1 Å². The van der Waals surface area contributed by atoms with Crippen molar-refractivity contribution >= 4 is 27.1 Å². The summed E-state index contributed by atoms with van der Waals surface area (Å²) in [6.07, 6.45) is 2.63. The van der Waals surface area contributed by atoms with Gasteiger partial charge in [-0.3, -0.25) is 4.79 Å². The predicted octanol–water partition coefficient (Wildman–Crippen LogP) is 2.41. The van der Waals surface area contributed by atoms with Crippen molar-refractivity contribution in [1.29, 1.82) is 0 Å². The number of aryl methyl sites for hydroxylation is 2. The smallest absolute Gasteiger partial charge is 0.223 e. The highest BCUT2D eigenvalue weighted by molar-refractivity contribution is 7.91. The van der Waals surface area contributed by atoms with Gasteiger partial charge in [-0.15, -0.1) is 11.3 Å². The Labute approximate surface area is 139 Å². The van der Waals surface area contributed by atoms with Crippen molar-refractivity contribution < 1.29 is 17.6 Å². The number of amides is 1. The molecule has 1 aliphatic rings. The second-order valence-electron chi connectivity index (χ2n) is 5.83. The Balaban J connectivity index is 1.48. The molecule has 0 bridgehead atoms. The molecule has 0 aromatic carbocycles. The van der Waals surface area contributed by atoms with Crippen molar-refractivity contribution in [3.05, 3.63) is 46.0 Å². The number of carbonyl (C=O) groups is 1. The van der Waals surface area contributed by atoms with Gasteiger partial charge in [0, 0.05) is 24.4 Å². The first kappa shape index (κ1) is 16.3. The minimum Gasteiger partial charge on any atom is -0.468 e. The maximum absolute atomic E-state index is 12.2. The van der Waals surface area contributed by atoms with E-state index in [2.05, 4.69) is 0 Å². The normalized spacial score (nSPS) is 15.6. The van der Waals surface area contributed by atoms with E-state index in [1.165, 1.54) is 16.7 Å². The number of hydrogen-bond donors (Lipinski definition) is 0. The molecule has 2 aromatic rings. The zero-order valence-electron chi connectivity index (χ0n) is 12.9. The Kier molecular flexibility index (Phi) is 4.59. The van der Waals surface area contributed by atoms with Crippen molar-refractivity contribution in [3.63, 3.8) is 0 Å². The highest BCUT2D eigenvalue weighted by Gasteiger charge is 2.39. The number of sulfone groups is 1. The van der Waals surface area contributed by atoms with E-state index >= 15 is 0 Å². The topological polar surface area (TPSA) is 67.6 Å². The maximum atomic E-state index is 12.2. The van der Waals surface area contributed by atoms with Gasteiger partial charge < -0.3 is 9.32 Å². The number of carbonyl (C=O) groups excluding carboxylic acids is 1. The summed E-state index contributed by atoms with van der Waals surface area (Å²) in [5.41, 5.74) is 1.21. The summed E-state index contributed by atoms with van der Waals surface area (Å²) >= 11 is 1.66. The van der Waals surface area contributed by atoms with Crippen LogP contribution in [0.25, 0.3) is 0 Å².